The molecule has 0 radical (unpaired) electrons. The van der Waals surface area contributed by atoms with E-state index < -0.39 is 6.10 Å². The number of allylic oxidation sites excluding steroid dienone is 12. The van der Waals surface area contributed by atoms with Crippen molar-refractivity contribution in [3.05, 3.63) is 72.9 Å². The van der Waals surface area contributed by atoms with Crippen molar-refractivity contribution in [2.45, 2.75) is 187 Å². The molecule has 0 rings (SSSR count). The number of unbranched alkanes of at least 4 members (excludes halogenated alkanes) is 14. The second kappa shape index (κ2) is 40.6. The van der Waals surface area contributed by atoms with E-state index >= 15 is 0 Å². The fourth-order valence-corrected chi connectivity index (χ4v) is 5.31. The SMILES string of the molecule is CC/C=C\C/C=C\CCCCCCCCCC(=O)OCC(COC(=O)CCCC/C=C\C/C=C\CC)OC(=O)CCCCC/C=C\C=C/CCCC. The molecule has 0 aromatic rings. The van der Waals surface area contributed by atoms with Crippen LogP contribution < -0.4 is 0 Å². The topological polar surface area (TPSA) is 78.9 Å². The number of ether oxygens (including phenoxy) is 3. The van der Waals surface area contributed by atoms with Gasteiger partial charge in [0.05, 0.1) is 0 Å². The van der Waals surface area contributed by atoms with Crippen LogP contribution >= 0.6 is 0 Å². The molecule has 0 bridgehead atoms. The van der Waals surface area contributed by atoms with E-state index in [2.05, 4.69) is 93.7 Å². The monoisotopic (exact) mass is 725 g/mol. The number of carbonyl (C=O) groups is 3. The largest absolute Gasteiger partial charge is 0.462 e. The molecule has 0 aliphatic carbocycles. The lowest BCUT2D eigenvalue weighted by atomic mass is 10.1. The van der Waals surface area contributed by atoms with E-state index in [-0.39, 0.29) is 37.5 Å². The first-order chi connectivity index (χ1) is 25.5. The van der Waals surface area contributed by atoms with Gasteiger partial charge < -0.3 is 14.2 Å². The van der Waals surface area contributed by atoms with Crippen molar-refractivity contribution in [1.29, 1.82) is 0 Å². The van der Waals surface area contributed by atoms with E-state index in [9.17, 15) is 14.4 Å². The summed E-state index contributed by atoms with van der Waals surface area (Å²) in [5.74, 6) is -0.988. The molecule has 0 spiro atoms. The van der Waals surface area contributed by atoms with Crippen LogP contribution in [-0.4, -0.2) is 37.2 Å². The van der Waals surface area contributed by atoms with Crippen molar-refractivity contribution in [2.24, 2.45) is 0 Å². The molecule has 52 heavy (non-hydrogen) atoms. The van der Waals surface area contributed by atoms with Gasteiger partial charge in [-0.2, -0.15) is 0 Å². The van der Waals surface area contributed by atoms with Gasteiger partial charge in [-0.05, 0) is 89.9 Å². The molecular formula is C46H76O6. The zero-order valence-corrected chi connectivity index (χ0v) is 33.5. The molecule has 0 aromatic carbocycles. The van der Waals surface area contributed by atoms with Gasteiger partial charge in [-0.15, -0.1) is 0 Å². The molecule has 6 nitrogen and oxygen atoms in total. The lowest BCUT2D eigenvalue weighted by molar-refractivity contribution is -0.167. The van der Waals surface area contributed by atoms with Crippen molar-refractivity contribution >= 4 is 17.9 Å². The Morgan fingerprint density at radius 2 is 0.808 bits per heavy atom. The van der Waals surface area contributed by atoms with Crippen molar-refractivity contribution in [3.8, 4) is 0 Å². The number of esters is 3. The molecule has 6 heteroatoms. The smallest absolute Gasteiger partial charge is 0.306 e. The zero-order valence-electron chi connectivity index (χ0n) is 33.5. The van der Waals surface area contributed by atoms with Crippen molar-refractivity contribution in [1.82, 2.24) is 0 Å². The summed E-state index contributed by atoms with van der Waals surface area (Å²) in [4.78, 5) is 37.5. The zero-order chi connectivity index (χ0) is 38.0. The normalized spacial score (nSPS) is 12.8. The molecule has 0 amide bonds. The predicted molar refractivity (Wildman–Crippen MR) is 219 cm³/mol. The number of hydrogen-bond acceptors (Lipinski definition) is 6. The van der Waals surface area contributed by atoms with Crippen LogP contribution in [0.5, 0.6) is 0 Å². The van der Waals surface area contributed by atoms with E-state index in [4.69, 9.17) is 14.2 Å². The average Bonchev–Trinajstić information content (AvgIpc) is 3.14. The minimum Gasteiger partial charge on any atom is -0.462 e. The second-order valence-electron chi connectivity index (χ2n) is 13.5. The lowest BCUT2D eigenvalue weighted by Crippen LogP contribution is -2.30. The van der Waals surface area contributed by atoms with Crippen LogP contribution in [0.3, 0.4) is 0 Å². The molecule has 0 N–H and O–H groups in total. The van der Waals surface area contributed by atoms with Crippen LogP contribution in [0.4, 0.5) is 0 Å². The highest BCUT2D eigenvalue weighted by Gasteiger charge is 2.19. The Kier molecular flexibility index (Phi) is 38.2. The summed E-state index contributed by atoms with van der Waals surface area (Å²) in [6.07, 6.45) is 49.0. The van der Waals surface area contributed by atoms with E-state index in [0.717, 1.165) is 103 Å². The van der Waals surface area contributed by atoms with Gasteiger partial charge in [0, 0.05) is 19.3 Å². The fraction of sp³-hybridized carbons (Fsp3) is 0.674. The van der Waals surface area contributed by atoms with E-state index in [1.54, 1.807) is 0 Å². The average molecular weight is 725 g/mol. The number of hydrogen-bond donors (Lipinski definition) is 0. The molecular weight excluding hydrogens is 648 g/mol. The maximum atomic E-state index is 12.6. The first kappa shape index (κ1) is 48.9. The third-order valence-electron chi connectivity index (χ3n) is 8.45. The van der Waals surface area contributed by atoms with E-state index in [1.165, 1.54) is 38.5 Å². The minimum atomic E-state index is -0.801. The highest BCUT2D eigenvalue weighted by Crippen LogP contribution is 2.12. The molecule has 0 aromatic heterocycles. The first-order valence-corrected chi connectivity index (χ1v) is 21.0. The van der Waals surface area contributed by atoms with Crippen LogP contribution in [0.1, 0.15) is 181 Å². The minimum absolute atomic E-state index is 0.102. The van der Waals surface area contributed by atoms with Crippen LogP contribution in [0.15, 0.2) is 72.9 Å². The lowest BCUT2D eigenvalue weighted by Gasteiger charge is -2.18. The van der Waals surface area contributed by atoms with Gasteiger partial charge >= 0.3 is 17.9 Å². The third kappa shape index (κ3) is 38.1. The van der Waals surface area contributed by atoms with Crippen molar-refractivity contribution < 1.29 is 28.6 Å². The first-order valence-electron chi connectivity index (χ1n) is 21.0. The molecule has 0 heterocycles. The van der Waals surface area contributed by atoms with E-state index in [0.29, 0.717) is 12.8 Å². The van der Waals surface area contributed by atoms with Gasteiger partial charge in [0.15, 0.2) is 6.10 Å². The summed E-state index contributed by atoms with van der Waals surface area (Å²) in [5, 5.41) is 0. The Hall–Kier alpha value is -3.15. The molecule has 296 valence electrons. The van der Waals surface area contributed by atoms with Crippen molar-refractivity contribution in [2.75, 3.05) is 13.2 Å². The van der Waals surface area contributed by atoms with Gasteiger partial charge in [0.25, 0.3) is 0 Å². The number of carbonyl (C=O) groups excluding carboxylic acids is 3. The Balaban J connectivity index is 4.45. The Morgan fingerprint density at radius 1 is 0.423 bits per heavy atom. The summed E-state index contributed by atoms with van der Waals surface area (Å²) in [6, 6.07) is 0. The third-order valence-corrected chi connectivity index (χ3v) is 8.45. The molecule has 0 aliphatic heterocycles. The van der Waals surface area contributed by atoms with Crippen LogP contribution in [0.25, 0.3) is 0 Å². The summed E-state index contributed by atoms with van der Waals surface area (Å²) in [7, 11) is 0. The van der Waals surface area contributed by atoms with Gasteiger partial charge in [-0.25, -0.2) is 0 Å². The predicted octanol–water partition coefficient (Wildman–Crippen LogP) is 13.1. The molecule has 1 atom stereocenters. The Labute approximate surface area is 319 Å². The highest BCUT2D eigenvalue weighted by atomic mass is 16.6. The van der Waals surface area contributed by atoms with E-state index in [1.807, 2.05) is 0 Å². The highest BCUT2D eigenvalue weighted by molar-refractivity contribution is 5.71. The fourth-order valence-electron chi connectivity index (χ4n) is 5.31. The summed E-state index contributed by atoms with van der Waals surface area (Å²) in [6.45, 7) is 6.26. The quantitative estimate of drug-likeness (QED) is 0.0210. The summed E-state index contributed by atoms with van der Waals surface area (Å²) >= 11 is 0. The van der Waals surface area contributed by atoms with Gasteiger partial charge in [0.2, 0.25) is 0 Å². The van der Waals surface area contributed by atoms with Gasteiger partial charge in [-0.1, -0.05) is 145 Å². The molecule has 0 aliphatic rings. The Bertz CT molecular complexity index is 1020. The standard InChI is InChI=1S/C46H76O6/c1-4-7-10-13-16-19-21-22-23-25-27-30-33-36-39-45(48)51-42-43(41-50-44(47)38-35-32-29-26-18-15-12-9-6-3)52-46(49)40-37-34-31-28-24-20-17-14-11-8-5-2/h7,9-10,12,14,16-20,24,26,43H,4-6,8,11,13,15,21-23,25,27-42H2,1-3H3/b10-7-,12-9-,17-14-,19-16-,24-20-,26-18-. The van der Waals surface area contributed by atoms with Crippen LogP contribution in [-0.2, 0) is 28.6 Å². The molecule has 0 fully saturated rings. The van der Waals surface area contributed by atoms with Gasteiger partial charge in [-0.3, -0.25) is 14.4 Å². The molecule has 1 unspecified atom stereocenters. The summed E-state index contributed by atoms with van der Waals surface area (Å²) < 4.78 is 16.6. The molecule has 0 saturated carbocycles. The number of rotatable bonds is 36. The maximum absolute atomic E-state index is 12.6. The maximum Gasteiger partial charge on any atom is 0.306 e. The van der Waals surface area contributed by atoms with Crippen molar-refractivity contribution in [3.63, 3.8) is 0 Å². The molecule has 0 saturated heterocycles. The van der Waals surface area contributed by atoms with Crippen LogP contribution in [0.2, 0.25) is 0 Å². The summed E-state index contributed by atoms with van der Waals surface area (Å²) in [5.41, 5.74) is 0. The Morgan fingerprint density at radius 3 is 1.33 bits per heavy atom. The van der Waals surface area contributed by atoms with Gasteiger partial charge in [0.1, 0.15) is 13.2 Å². The van der Waals surface area contributed by atoms with Crippen LogP contribution in [0, 0.1) is 0 Å². The second-order valence-corrected chi connectivity index (χ2v) is 13.5.